The Bertz CT molecular complexity index is 1060. The molecular formula is C22H22ClFN4O. The normalized spacial score (nSPS) is 15.1. The van der Waals surface area contributed by atoms with E-state index in [2.05, 4.69) is 10.3 Å². The number of amides is 1. The first-order chi connectivity index (χ1) is 14.0. The zero-order valence-electron chi connectivity index (χ0n) is 16.2. The second kappa shape index (κ2) is 8.35. The van der Waals surface area contributed by atoms with Crippen LogP contribution in [0.3, 0.4) is 0 Å². The molecule has 7 heteroatoms. The van der Waals surface area contributed by atoms with Gasteiger partial charge in [0.1, 0.15) is 5.82 Å². The van der Waals surface area contributed by atoms with Crippen molar-refractivity contribution in [2.24, 2.45) is 0 Å². The van der Waals surface area contributed by atoms with Crippen molar-refractivity contribution in [1.29, 1.82) is 0 Å². The van der Waals surface area contributed by atoms with E-state index in [-0.39, 0.29) is 11.7 Å². The number of anilines is 1. The fourth-order valence-corrected chi connectivity index (χ4v) is 3.75. The molecule has 2 heterocycles. The van der Waals surface area contributed by atoms with Crippen LogP contribution in [0, 0.1) is 5.82 Å². The molecule has 1 aromatic heterocycles. The fraction of sp³-hybridized carbons (Fsp3) is 0.273. The molecule has 0 aliphatic carbocycles. The van der Waals surface area contributed by atoms with Crippen LogP contribution < -0.4 is 5.32 Å². The topological polar surface area (TPSA) is 48.5 Å². The number of hydrogen-bond donors (Lipinski definition) is 1. The third kappa shape index (κ3) is 4.33. The molecule has 0 radical (unpaired) electrons. The summed E-state index contributed by atoms with van der Waals surface area (Å²) in [5.74, 6) is -0.233. The molecule has 1 amide bonds. The summed E-state index contributed by atoms with van der Waals surface area (Å²) in [5.41, 5.74) is 2.90. The van der Waals surface area contributed by atoms with Crippen LogP contribution in [-0.4, -0.2) is 47.4 Å². The van der Waals surface area contributed by atoms with Gasteiger partial charge in [-0.05, 0) is 29.8 Å². The number of likely N-dealkylation sites (N-methyl/N-ethyl adjacent to an activating group) is 1. The standard InChI is InChI=1S/C22H22ClFN4O/c1-27-9-10-28(14-21(27)29)13-15-4-7-20(19(24)11-15)26-12-17-18(23)6-5-16-3-2-8-25-22(16)17/h2-8,11,26H,9-10,12-14H2,1H3. The molecule has 4 rings (SSSR count). The Labute approximate surface area is 174 Å². The van der Waals surface area contributed by atoms with E-state index in [9.17, 15) is 9.18 Å². The minimum absolute atomic E-state index is 0.0931. The number of aromatic nitrogens is 1. The van der Waals surface area contributed by atoms with Gasteiger partial charge in [-0.2, -0.15) is 0 Å². The molecule has 29 heavy (non-hydrogen) atoms. The Balaban J connectivity index is 1.46. The largest absolute Gasteiger partial charge is 0.378 e. The monoisotopic (exact) mass is 412 g/mol. The summed E-state index contributed by atoms with van der Waals surface area (Å²) < 4.78 is 14.7. The predicted molar refractivity (Wildman–Crippen MR) is 113 cm³/mol. The Morgan fingerprint density at radius 2 is 2.07 bits per heavy atom. The average Bonchev–Trinajstić information content (AvgIpc) is 2.71. The number of fused-ring (bicyclic) bond motifs is 1. The number of hydrogen-bond acceptors (Lipinski definition) is 4. The lowest BCUT2D eigenvalue weighted by atomic mass is 10.1. The van der Waals surface area contributed by atoms with Gasteiger partial charge in [0, 0.05) is 55.4 Å². The third-order valence-corrected chi connectivity index (χ3v) is 5.61. The Kier molecular flexibility index (Phi) is 5.65. The molecule has 0 bridgehead atoms. The number of halogens is 2. The zero-order valence-corrected chi connectivity index (χ0v) is 16.9. The van der Waals surface area contributed by atoms with Gasteiger partial charge >= 0.3 is 0 Å². The third-order valence-electron chi connectivity index (χ3n) is 5.25. The maximum Gasteiger partial charge on any atom is 0.236 e. The smallest absolute Gasteiger partial charge is 0.236 e. The maximum atomic E-state index is 14.7. The molecule has 2 aromatic carbocycles. The van der Waals surface area contributed by atoms with E-state index in [0.717, 1.165) is 28.6 Å². The fourth-order valence-electron chi connectivity index (χ4n) is 3.53. The summed E-state index contributed by atoms with van der Waals surface area (Å²) in [6.45, 7) is 2.77. The van der Waals surface area contributed by atoms with E-state index >= 15 is 0 Å². The average molecular weight is 413 g/mol. The molecule has 5 nitrogen and oxygen atoms in total. The Morgan fingerprint density at radius 1 is 1.21 bits per heavy atom. The van der Waals surface area contributed by atoms with Crippen LogP contribution in [0.25, 0.3) is 10.9 Å². The van der Waals surface area contributed by atoms with Gasteiger partial charge in [0.15, 0.2) is 0 Å². The highest BCUT2D eigenvalue weighted by molar-refractivity contribution is 6.32. The molecule has 1 N–H and O–H groups in total. The van der Waals surface area contributed by atoms with Gasteiger partial charge < -0.3 is 10.2 Å². The van der Waals surface area contributed by atoms with Crippen molar-refractivity contribution in [2.75, 3.05) is 32.0 Å². The number of carbonyl (C=O) groups is 1. The van der Waals surface area contributed by atoms with Gasteiger partial charge in [-0.1, -0.05) is 29.8 Å². The van der Waals surface area contributed by atoms with E-state index in [1.54, 1.807) is 24.2 Å². The molecule has 1 fully saturated rings. The molecule has 1 aliphatic rings. The minimum Gasteiger partial charge on any atom is -0.378 e. The van der Waals surface area contributed by atoms with Gasteiger partial charge in [0.05, 0.1) is 17.7 Å². The molecule has 0 unspecified atom stereocenters. The summed E-state index contributed by atoms with van der Waals surface area (Å²) in [4.78, 5) is 20.0. The van der Waals surface area contributed by atoms with Crippen LogP contribution in [0.2, 0.25) is 5.02 Å². The van der Waals surface area contributed by atoms with Crippen molar-refractivity contribution < 1.29 is 9.18 Å². The zero-order chi connectivity index (χ0) is 20.4. The summed E-state index contributed by atoms with van der Waals surface area (Å²) in [5, 5.41) is 4.72. The lowest BCUT2D eigenvalue weighted by molar-refractivity contribution is -0.134. The van der Waals surface area contributed by atoms with E-state index in [1.165, 1.54) is 6.07 Å². The second-order valence-electron chi connectivity index (χ2n) is 7.29. The van der Waals surface area contributed by atoms with Crippen molar-refractivity contribution in [1.82, 2.24) is 14.8 Å². The first-order valence-corrected chi connectivity index (χ1v) is 9.90. The predicted octanol–water partition coefficient (Wildman–Crippen LogP) is 3.91. The van der Waals surface area contributed by atoms with Crippen molar-refractivity contribution in [3.63, 3.8) is 0 Å². The lowest BCUT2D eigenvalue weighted by Crippen LogP contribution is -2.47. The number of pyridine rings is 1. The molecule has 1 aliphatic heterocycles. The van der Waals surface area contributed by atoms with Crippen LogP contribution in [0.5, 0.6) is 0 Å². The summed E-state index contributed by atoms with van der Waals surface area (Å²) in [7, 11) is 1.80. The quantitative estimate of drug-likeness (QED) is 0.690. The number of rotatable bonds is 5. The van der Waals surface area contributed by atoms with E-state index in [0.29, 0.717) is 36.9 Å². The molecule has 0 saturated carbocycles. The number of carbonyl (C=O) groups excluding carboxylic acids is 1. The molecule has 0 spiro atoms. The highest BCUT2D eigenvalue weighted by Gasteiger charge is 2.21. The first kappa shape index (κ1) is 19.6. The van der Waals surface area contributed by atoms with E-state index < -0.39 is 0 Å². The van der Waals surface area contributed by atoms with Crippen molar-refractivity contribution in [2.45, 2.75) is 13.1 Å². The first-order valence-electron chi connectivity index (χ1n) is 9.52. The van der Waals surface area contributed by atoms with Crippen LogP contribution in [-0.2, 0) is 17.9 Å². The SMILES string of the molecule is CN1CCN(Cc2ccc(NCc3c(Cl)ccc4cccnc34)c(F)c2)CC1=O. The Hall–Kier alpha value is -2.70. The number of nitrogens with one attached hydrogen (secondary N) is 1. The van der Waals surface area contributed by atoms with E-state index in [4.69, 9.17) is 11.6 Å². The van der Waals surface area contributed by atoms with Gasteiger partial charge in [0.2, 0.25) is 5.91 Å². The van der Waals surface area contributed by atoms with Crippen molar-refractivity contribution in [3.8, 4) is 0 Å². The Morgan fingerprint density at radius 3 is 2.86 bits per heavy atom. The van der Waals surface area contributed by atoms with Crippen molar-refractivity contribution in [3.05, 3.63) is 70.6 Å². The minimum atomic E-state index is -0.327. The highest BCUT2D eigenvalue weighted by atomic mass is 35.5. The molecule has 3 aromatic rings. The van der Waals surface area contributed by atoms with Gasteiger partial charge in [-0.25, -0.2) is 4.39 Å². The van der Waals surface area contributed by atoms with Gasteiger partial charge in [-0.15, -0.1) is 0 Å². The van der Waals surface area contributed by atoms with Crippen LogP contribution in [0.15, 0.2) is 48.7 Å². The van der Waals surface area contributed by atoms with Crippen LogP contribution >= 0.6 is 11.6 Å². The van der Waals surface area contributed by atoms with Crippen LogP contribution in [0.1, 0.15) is 11.1 Å². The van der Waals surface area contributed by atoms with E-state index in [1.807, 2.05) is 35.2 Å². The second-order valence-corrected chi connectivity index (χ2v) is 7.70. The summed E-state index contributed by atoms with van der Waals surface area (Å²) in [6.07, 6.45) is 1.72. The number of benzene rings is 2. The van der Waals surface area contributed by atoms with Gasteiger partial charge in [0.25, 0.3) is 0 Å². The summed E-state index contributed by atoms with van der Waals surface area (Å²) >= 11 is 6.35. The summed E-state index contributed by atoms with van der Waals surface area (Å²) in [6, 6.07) is 12.7. The molecule has 1 saturated heterocycles. The number of nitrogens with zero attached hydrogens (tertiary/aromatic N) is 3. The molecule has 0 atom stereocenters. The number of piperazine rings is 1. The highest BCUT2D eigenvalue weighted by Crippen LogP contribution is 2.26. The van der Waals surface area contributed by atoms with Gasteiger partial charge in [-0.3, -0.25) is 14.7 Å². The van der Waals surface area contributed by atoms with Crippen LogP contribution in [0.4, 0.5) is 10.1 Å². The maximum absolute atomic E-state index is 14.7. The van der Waals surface area contributed by atoms with Crippen molar-refractivity contribution >= 4 is 34.1 Å². The molecular weight excluding hydrogens is 391 g/mol. The lowest BCUT2D eigenvalue weighted by Gasteiger charge is -2.31. The molecule has 150 valence electrons.